The molecule has 0 atom stereocenters. The third-order valence-electron chi connectivity index (χ3n) is 12.3. The van der Waals surface area contributed by atoms with Crippen molar-refractivity contribution in [3.05, 3.63) is 77.4 Å². The Hall–Kier alpha value is -7.83. The Labute approximate surface area is 512 Å². The molecule has 3 heterocycles. The van der Waals surface area contributed by atoms with Crippen molar-refractivity contribution < 1.29 is 97.2 Å². The Kier molecular flexibility index (Phi) is 19.6. The standard InChI is InChI=1S/C48H45N11O22S8/c1-24-17-34(55-57-41-25(2)29(23-49)46-51-30-9-4-5-10-36(30)59(46)47(41)61)37(80-11-6-14-84(62,63)64)21-31(24)53-56-35-20-32(50-26(3)60)33(22-38(35)82-13-8-16-86(68,69)70)54-58-48-52-42-39(87(71,72)73)18-27-28(44(42)83-48)19-40(88(74,75)76)45(89(77,78)79)43(27)81-12-7-15-85(65,66)67/h4-5,9-10,17-22,61H,6-8,11-16H2,1-3H3,(H,50,60)(H,62,63,64)(H,65,66,67)(H,68,69,70)(H,71,72,73)(H,74,75,76)(H,77,78,79). The van der Waals surface area contributed by atoms with Crippen LogP contribution >= 0.6 is 23.1 Å². The highest BCUT2D eigenvalue weighted by Crippen LogP contribution is 2.48. The van der Waals surface area contributed by atoms with Crippen LogP contribution in [0.4, 0.5) is 39.3 Å². The van der Waals surface area contributed by atoms with Crippen molar-refractivity contribution in [3.8, 4) is 23.4 Å². The third-order valence-corrected chi connectivity index (χ3v) is 19.6. The fourth-order valence-corrected chi connectivity index (χ4v) is 14.7. The number of hydrogen-bond donors (Lipinski definition) is 8. The minimum atomic E-state index is -5.75. The SMILES string of the molecule is CC(=O)Nc1cc(N=Nc2cc(OCCCS(=O)(=O)O)c(N=Nc3c(C)c(C#N)c4nc5ccccc5n4c3O)cc2C)c(SCCCS(=O)(=O)O)cc1N=Nc1nc2c(S(=O)(=O)O)cc3c(OCCCS(=O)(=O)O)c(S(=O)(=O)O)c(S(=O)(=O)O)cc3c2s1. The maximum absolute atomic E-state index is 13.0. The first kappa shape index (κ1) is 67.1. The van der Waals surface area contributed by atoms with Crippen LogP contribution in [-0.2, 0) is 65.5 Å². The van der Waals surface area contributed by atoms with E-state index in [0.717, 1.165) is 18.7 Å². The van der Waals surface area contributed by atoms with Crippen LogP contribution in [0.25, 0.3) is 37.7 Å². The Morgan fingerprint density at radius 3 is 1.90 bits per heavy atom. The maximum Gasteiger partial charge on any atom is 0.299 e. The number of thioether (sulfide) groups is 1. The summed E-state index contributed by atoms with van der Waals surface area (Å²) in [6.07, 6.45) is -0.964. The summed E-state index contributed by atoms with van der Waals surface area (Å²) in [5.41, 5.74) is 0.601. The first-order chi connectivity index (χ1) is 41.4. The molecule has 33 nitrogen and oxygen atoms in total. The summed E-state index contributed by atoms with van der Waals surface area (Å²) in [6, 6.07) is 15.3. The molecule has 0 aliphatic heterocycles. The van der Waals surface area contributed by atoms with Crippen LogP contribution in [0.15, 0.2) is 111 Å². The smallest absolute Gasteiger partial charge is 0.299 e. The van der Waals surface area contributed by atoms with Gasteiger partial charge in [0.25, 0.3) is 60.7 Å². The average Bonchev–Trinajstić information content (AvgIpc) is 1.74. The van der Waals surface area contributed by atoms with Crippen LogP contribution in [-0.4, -0.2) is 139 Å². The lowest BCUT2D eigenvalue weighted by Gasteiger charge is -2.16. The van der Waals surface area contributed by atoms with Gasteiger partial charge < -0.3 is 19.9 Å². The number of amides is 1. The second-order valence-corrected chi connectivity index (χ2v) is 29.8. The normalized spacial score (nSPS) is 13.0. The number of nitrogens with zero attached hydrogens (tertiary/aromatic N) is 10. The van der Waals surface area contributed by atoms with Crippen LogP contribution in [0.3, 0.4) is 0 Å². The van der Waals surface area contributed by atoms with Gasteiger partial charge in [-0.05, 0) is 86.9 Å². The van der Waals surface area contributed by atoms with Crippen molar-refractivity contribution in [3.63, 3.8) is 0 Å². The van der Waals surface area contributed by atoms with E-state index in [0.29, 0.717) is 40.1 Å². The minimum absolute atomic E-state index is 0.00568. The summed E-state index contributed by atoms with van der Waals surface area (Å²) in [7, 11) is -30.3. The van der Waals surface area contributed by atoms with Crippen molar-refractivity contribution in [2.45, 2.75) is 59.6 Å². The van der Waals surface area contributed by atoms with E-state index >= 15 is 0 Å². The molecular weight excluding hydrogens is 1340 g/mol. The number of azo groups is 3. The Morgan fingerprint density at radius 1 is 0.685 bits per heavy atom. The number of rotatable bonds is 25. The number of para-hydroxylation sites is 2. The van der Waals surface area contributed by atoms with E-state index in [1.165, 1.54) is 35.6 Å². The molecule has 0 bridgehead atoms. The fraction of sp³-hybridized carbons (Fsp3) is 0.250. The Bertz CT molecular complexity index is 5110. The molecule has 3 aromatic heterocycles. The number of pyridine rings is 1. The lowest BCUT2D eigenvalue weighted by Crippen LogP contribution is -2.14. The van der Waals surface area contributed by atoms with E-state index in [9.17, 15) is 93.0 Å². The topological polar surface area (TPSA) is 522 Å². The van der Waals surface area contributed by atoms with Gasteiger partial charge >= 0.3 is 0 Å². The molecule has 89 heavy (non-hydrogen) atoms. The summed E-state index contributed by atoms with van der Waals surface area (Å²) < 4.78 is 217. The number of hydrogen-bond acceptors (Lipinski definition) is 27. The number of nitrogens with one attached hydrogen (secondary N) is 1. The lowest BCUT2D eigenvalue weighted by molar-refractivity contribution is -0.114. The molecule has 0 aliphatic rings. The molecule has 8 N–H and O–H groups in total. The van der Waals surface area contributed by atoms with Gasteiger partial charge in [0, 0.05) is 34.2 Å². The number of aryl methyl sites for hydroxylation is 1. The third kappa shape index (κ3) is 16.1. The van der Waals surface area contributed by atoms with Gasteiger partial charge in [0.2, 0.25) is 16.9 Å². The summed E-state index contributed by atoms with van der Waals surface area (Å²) in [5.74, 6) is -4.74. The van der Waals surface area contributed by atoms with Crippen LogP contribution in [0.2, 0.25) is 0 Å². The molecular formula is C48H45N11O22S8. The van der Waals surface area contributed by atoms with Gasteiger partial charge in [0.1, 0.15) is 55.5 Å². The minimum Gasteiger partial charge on any atom is -0.493 e. The zero-order chi connectivity index (χ0) is 65.3. The summed E-state index contributed by atoms with van der Waals surface area (Å²) in [6.45, 7) is 3.04. The number of fused-ring (bicyclic) bond motifs is 6. The van der Waals surface area contributed by atoms with Gasteiger partial charge in [0.15, 0.2) is 16.2 Å². The molecule has 0 radical (unpaired) electrons. The van der Waals surface area contributed by atoms with Crippen LogP contribution < -0.4 is 14.8 Å². The molecule has 0 spiro atoms. The zero-order valence-corrected chi connectivity index (χ0v) is 52.2. The number of anilines is 1. The van der Waals surface area contributed by atoms with Crippen molar-refractivity contribution in [1.82, 2.24) is 14.4 Å². The summed E-state index contributed by atoms with van der Waals surface area (Å²) >= 11 is 1.37. The maximum atomic E-state index is 13.0. The monoisotopic (exact) mass is 1380 g/mol. The Morgan fingerprint density at radius 2 is 1.28 bits per heavy atom. The summed E-state index contributed by atoms with van der Waals surface area (Å²) in [5, 5.41) is 48.4. The van der Waals surface area contributed by atoms with Crippen LogP contribution in [0.1, 0.15) is 42.9 Å². The predicted molar refractivity (Wildman–Crippen MR) is 320 cm³/mol. The highest BCUT2D eigenvalue weighted by atomic mass is 32.2. The number of nitriles is 1. The summed E-state index contributed by atoms with van der Waals surface area (Å²) in [4.78, 5) is 17.3. The number of imidazole rings is 1. The molecule has 0 unspecified atom stereocenters. The molecule has 8 aromatic rings. The van der Waals surface area contributed by atoms with Crippen molar-refractivity contribution in [1.29, 1.82) is 5.26 Å². The quantitative estimate of drug-likeness (QED) is 0.0114. The first-order valence-corrected chi connectivity index (χ1v) is 35.9. The number of carbonyl (C=O) groups excluding carboxylic acids is 1. The predicted octanol–water partition coefficient (Wildman–Crippen LogP) is 9.07. The molecule has 8 rings (SSSR count). The number of carbonyl (C=O) groups is 1. The number of benzene rings is 5. The second-order valence-electron chi connectivity index (χ2n) is 18.8. The van der Waals surface area contributed by atoms with E-state index in [4.69, 9.17) is 9.47 Å². The number of aromatic nitrogens is 3. The largest absolute Gasteiger partial charge is 0.493 e. The molecule has 0 aliphatic carbocycles. The number of ether oxygens (including phenoxy) is 2. The molecule has 5 aromatic carbocycles. The Balaban J connectivity index is 1.24. The second kappa shape index (κ2) is 25.9. The fourth-order valence-electron chi connectivity index (χ4n) is 8.52. The van der Waals surface area contributed by atoms with E-state index < -0.39 is 149 Å². The molecule has 0 saturated carbocycles. The molecule has 472 valence electrons. The molecule has 0 fully saturated rings. The molecule has 41 heteroatoms. The van der Waals surface area contributed by atoms with Crippen molar-refractivity contribution in [2.24, 2.45) is 30.7 Å². The van der Waals surface area contributed by atoms with E-state index in [1.807, 2.05) is 0 Å². The average molecular weight is 1380 g/mol. The van der Waals surface area contributed by atoms with E-state index in [-0.39, 0.29) is 86.7 Å². The van der Waals surface area contributed by atoms with Gasteiger partial charge in [-0.15, -0.1) is 37.3 Å². The van der Waals surface area contributed by atoms with Gasteiger partial charge in [-0.2, -0.15) is 60.9 Å². The lowest BCUT2D eigenvalue weighted by atomic mass is 10.1. The van der Waals surface area contributed by atoms with Crippen molar-refractivity contribution in [2.75, 3.05) is 41.5 Å². The van der Waals surface area contributed by atoms with Crippen LogP contribution in [0, 0.1) is 25.2 Å². The first-order valence-electron chi connectivity index (χ1n) is 24.9. The highest BCUT2D eigenvalue weighted by Gasteiger charge is 2.34. The van der Waals surface area contributed by atoms with Crippen molar-refractivity contribution >= 4 is 167 Å². The van der Waals surface area contributed by atoms with E-state index in [1.54, 1.807) is 31.2 Å². The van der Waals surface area contributed by atoms with Gasteiger partial charge in [-0.1, -0.05) is 23.5 Å². The van der Waals surface area contributed by atoms with Gasteiger partial charge in [0.05, 0.1) is 57.6 Å². The van der Waals surface area contributed by atoms with E-state index in [2.05, 4.69) is 52.0 Å². The van der Waals surface area contributed by atoms with Gasteiger partial charge in [-0.3, -0.25) is 36.5 Å². The number of aromatic hydroxyl groups is 1. The molecule has 0 saturated heterocycles. The van der Waals surface area contributed by atoms with Gasteiger partial charge in [-0.25, -0.2) is 9.97 Å². The van der Waals surface area contributed by atoms with Crippen LogP contribution in [0.5, 0.6) is 17.4 Å². The molecule has 1 amide bonds. The number of thiazole rings is 1. The zero-order valence-electron chi connectivity index (χ0n) is 45.6. The highest BCUT2D eigenvalue weighted by molar-refractivity contribution is 7.99.